The summed E-state index contributed by atoms with van der Waals surface area (Å²) < 4.78 is 11.6. The van der Waals surface area contributed by atoms with Crippen LogP contribution in [0.4, 0.5) is 23.0 Å². The van der Waals surface area contributed by atoms with Crippen molar-refractivity contribution in [3.05, 3.63) is 60.7 Å². The normalized spacial score (nSPS) is 13.8. The van der Waals surface area contributed by atoms with Gasteiger partial charge in [0, 0.05) is 61.8 Å². The Bertz CT molecular complexity index is 1890. The third-order valence-corrected chi connectivity index (χ3v) is 8.93. The molecule has 12 heteroatoms. The number of nitrogens with one attached hydrogen (secondary N) is 3. The van der Waals surface area contributed by atoms with E-state index in [1.165, 1.54) is 0 Å². The first-order chi connectivity index (χ1) is 23.7. The lowest BCUT2D eigenvalue weighted by atomic mass is 10.0. The van der Waals surface area contributed by atoms with E-state index in [4.69, 9.17) is 19.1 Å². The molecule has 2 aromatic carbocycles. The molecule has 1 amide bonds. The SMILES string of the molecule is COc1cc(N2CCC(N(C)C)CC2)c(NC(=O)CC(C)C)cc1Nc1nccc(-c2[nH]c(CCCO)nc2-c2ccc3ccoc3c2)n1. The summed E-state index contributed by atoms with van der Waals surface area (Å²) >= 11 is 0. The number of aliphatic hydroxyl groups excluding tert-OH is 1. The Balaban J connectivity index is 1.34. The van der Waals surface area contributed by atoms with Gasteiger partial charge in [0.25, 0.3) is 0 Å². The van der Waals surface area contributed by atoms with Crippen LogP contribution in [0.1, 0.15) is 45.4 Å². The van der Waals surface area contributed by atoms with E-state index < -0.39 is 0 Å². The molecule has 12 nitrogen and oxygen atoms in total. The van der Waals surface area contributed by atoms with Gasteiger partial charge in [-0.1, -0.05) is 26.0 Å². The number of methoxy groups -OCH3 is 1. The fraction of sp³-hybridized carbons (Fsp3) is 0.405. The third-order valence-electron chi connectivity index (χ3n) is 8.93. The molecule has 49 heavy (non-hydrogen) atoms. The van der Waals surface area contributed by atoms with Crippen molar-refractivity contribution in [2.75, 3.05) is 56.4 Å². The van der Waals surface area contributed by atoms with Gasteiger partial charge in [0.2, 0.25) is 11.9 Å². The van der Waals surface area contributed by atoms with E-state index in [1.54, 1.807) is 19.6 Å². The number of aliphatic hydroxyl groups is 1. The van der Waals surface area contributed by atoms with Crippen molar-refractivity contribution in [3.8, 4) is 28.4 Å². The Morgan fingerprint density at radius 3 is 2.67 bits per heavy atom. The van der Waals surface area contributed by atoms with E-state index >= 15 is 0 Å². The molecule has 5 aromatic rings. The molecule has 0 unspecified atom stereocenters. The van der Waals surface area contributed by atoms with E-state index in [0.29, 0.717) is 54.1 Å². The number of fused-ring (bicyclic) bond motifs is 1. The second-order valence-corrected chi connectivity index (χ2v) is 13.2. The monoisotopic (exact) mass is 666 g/mol. The maximum absolute atomic E-state index is 13.1. The quantitative estimate of drug-likeness (QED) is 0.110. The maximum atomic E-state index is 13.1. The van der Waals surface area contributed by atoms with Gasteiger partial charge in [0.05, 0.1) is 47.5 Å². The number of aromatic amines is 1. The number of amides is 1. The number of carbonyl (C=O) groups is 1. The molecule has 4 N–H and O–H groups in total. The number of hydrogen-bond acceptors (Lipinski definition) is 10. The summed E-state index contributed by atoms with van der Waals surface area (Å²) in [5.41, 5.74) is 6.01. The molecule has 0 spiro atoms. The molecule has 0 aliphatic carbocycles. The molecule has 1 fully saturated rings. The van der Waals surface area contributed by atoms with E-state index in [1.807, 2.05) is 56.3 Å². The van der Waals surface area contributed by atoms with Gasteiger partial charge in [0.1, 0.15) is 17.2 Å². The van der Waals surface area contributed by atoms with Crippen LogP contribution in [0.3, 0.4) is 0 Å². The number of imidazole rings is 1. The van der Waals surface area contributed by atoms with Crippen LogP contribution in [0.25, 0.3) is 33.6 Å². The summed E-state index contributed by atoms with van der Waals surface area (Å²) in [7, 11) is 5.89. The highest BCUT2D eigenvalue weighted by molar-refractivity contribution is 5.96. The van der Waals surface area contributed by atoms with Crippen molar-refractivity contribution in [2.45, 2.75) is 52.0 Å². The summed E-state index contributed by atoms with van der Waals surface area (Å²) in [5, 5.41) is 17.0. The zero-order chi connectivity index (χ0) is 34.5. The first-order valence-electron chi connectivity index (χ1n) is 16.9. The molecule has 0 atom stereocenters. The smallest absolute Gasteiger partial charge is 0.227 e. The summed E-state index contributed by atoms with van der Waals surface area (Å²) in [6, 6.07) is 14.2. The molecule has 4 heterocycles. The second-order valence-electron chi connectivity index (χ2n) is 13.2. The predicted molar refractivity (Wildman–Crippen MR) is 194 cm³/mol. The van der Waals surface area contributed by atoms with Gasteiger partial charge in [-0.05, 0) is 63.5 Å². The number of carbonyl (C=O) groups excluding carboxylic acids is 1. The largest absolute Gasteiger partial charge is 0.494 e. The van der Waals surface area contributed by atoms with Crippen molar-refractivity contribution < 1.29 is 19.1 Å². The molecule has 1 aliphatic rings. The summed E-state index contributed by atoms with van der Waals surface area (Å²) in [4.78, 5) is 35.4. The topological polar surface area (TPSA) is 145 Å². The van der Waals surface area contributed by atoms with E-state index in [-0.39, 0.29) is 18.4 Å². The van der Waals surface area contributed by atoms with Gasteiger partial charge >= 0.3 is 0 Å². The molecule has 1 saturated heterocycles. The third kappa shape index (κ3) is 7.87. The van der Waals surface area contributed by atoms with Crippen LogP contribution in [-0.2, 0) is 11.2 Å². The molecular weight excluding hydrogens is 620 g/mol. The maximum Gasteiger partial charge on any atom is 0.227 e. The highest BCUT2D eigenvalue weighted by Crippen LogP contribution is 2.40. The number of benzene rings is 2. The minimum atomic E-state index is -0.0368. The number of furan rings is 1. The number of rotatable bonds is 13. The zero-order valence-electron chi connectivity index (χ0n) is 28.9. The van der Waals surface area contributed by atoms with Crippen molar-refractivity contribution >= 4 is 39.9 Å². The summed E-state index contributed by atoms with van der Waals surface area (Å²) in [5.74, 6) is 1.91. The van der Waals surface area contributed by atoms with Crippen molar-refractivity contribution in [3.63, 3.8) is 0 Å². The van der Waals surface area contributed by atoms with Gasteiger partial charge in [0.15, 0.2) is 0 Å². The van der Waals surface area contributed by atoms with Crippen LogP contribution < -0.4 is 20.3 Å². The molecule has 1 aliphatic heterocycles. The molecule has 258 valence electrons. The minimum Gasteiger partial charge on any atom is -0.494 e. The first-order valence-corrected chi connectivity index (χ1v) is 16.9. The van der Waals surface area contributed by atoms with E-state index in [9.17, 15) is 9.90 Å². The van der Waals surface area contributed by atoms with Gasteiger partial charge < -0.3 is 39.7 Å². The van der Waals surface area contributed by atoms with Crippen molar-refractivity contribution in [1.82, 2.24) is 24.8 Å². The van der Waals surface area contributed by atoms with Crippen LogP contribution in [-0.4, -0.2) is 82.8 Å². The number of aromatic nitrogens is 4. The van der Waals surface area contributed by atoms with Crippen molar-refractivity contribution in [1.29, 1.82) is 0 Å². The average molecular weight is 667 g/mol. The lowest BCUT2D eigenvalue weighted by Crippen LogP contribution is -2.42. The minimum absolute atomic E-state index is 0.0368. The van der Waals surface area contributed by atoms with Crippen LogP contribution in [0.2, 0.25) is 0 Å². The van der Waals surface area contributed by atoms with E-state index in [2.05, 4.69) is 44.5 Å². The Morgan fingerprint density at radius 2 is 1.94 bits per heavy atom. The number of aryl methyl sites for hydroxylation is 1. The standard InChI is InChI=1S/C37H46N8O4/c1-23(2)19-34(47)39-28-21-29(32(48-5)22-30(28)45-15-11-26(12-16-45)44(3)4)41-37-38-14-10-27(40-37)36-35(42-33(43-36)7-6-17-46)25-9-8-24-13-18-49-31(24)20-25/h8-10,13-14,18,20-23,26,46H,6-7,11-12,15-17,19H2,1-5H3,(H,39,47)(H,42,43)(H,38,40,41). The second kappa shape index (κ2) is 15.1. The molecule has 0 bridgehead atoms. The van der Waals surface area contributed by atoms with Crippen LogP contribution in [0.5, 0.6) is 5.75 Å². The van der Waals surface area contributed by atoms with Crippen molar-refractivity contribution in [2.24, 2.45) is 5.92 Å². The van der Waals surface area contributed by atoms with Gasteiger partial charge in [-0.3, -0.25) is 4.79 Å². The highest BCUT2D eigenvalue weighted by atomic mass is 16.5. The number of ether oxygens (including phenoxy) is 1. The number of piperidine rings is 1. The first kappa shape index (κ1) is 33.9. The molecule has 3 aromatic heterocycles. The fourth-order valence-electron chi connectivity index (χ4n) is 6.35. The predicted octanol–water partition coefficient (Wildman–Crippen LogP) is 6.47. The Labute approximate surface area is 286 Å². The van der Waals surface area contributed by atoms with Crippen LogP contribution in [0, 0.1) is 5.92 Å². The summed E-state index contributed by atoms with van der Waals surface area (Å²) in [6.45, 7) is 5.88. The number of hydrogen-bond donors (Lipinski definition) is 4. The Morgan fingerprint density at radius 1 is 1.12 bits per heavy atom. The molecular formula is C37H46N8O4. The van der Waals surface area contributed by atoms with E-state index in [0.717, 1.165) is 65.4 Å². The van der Waals surface area contributed by atoms with Gasteiger partial charge in [-0.15, -0.1) is 0 Å². The molecule has 0 saturated carbocycles. The number of H-pyrrole nitrogens is 1. The van der Waals surface area contributed by atoms with Gasteiger partial charge in [-0.2, -0.15) is 0 Å². The molecule has 0 radical (unpaired) electrons. The lowest BCUT2D eigenvalue weighted by molar-refractivity contribution is -0.116. The zero-order valence-corrected chi connectivity index (χ0v) is 28.9. The highest BCUT2D eigenvalue weighted by Gasteiger charge is 2.25. The number of anilines is 4. The number of nitrogens with zero attached hydrogens (tertiary/aromatic N) is 5. The lowest BCUT2D eigenvalue weighted by Gasteiger charge is -2.37. The van der Waals surface area contributed by atoms with Crippen LogP contribution >= 0.6 is 0 Å². The van der Waals surface area contributed by atoms with Gasteiger partial charge in [-0.25, -0.2) is 15.0 Å². The fourth-order valence-corrected chi connectivity index (χ4v) is 6.35. The Hall–Kier alpha value is -4.94. The molecule has 6 rings (SSSR count). The average Bonchev–Trinajstić information content (AvgIpc) is 3.74. The Kier molecular flexibility index (Phi) is 10.4. The van der Waals surface area contributed by atoms with Crippen LogP contribution in [0.15, 0.2) is 59.3 Å². The summed E-state index contributed by atoms with van der Waals surface area (Å²) in [6.07, 6.45) is 7.01.